The number of piperidine rings is 1. The van der Waals surface area contributed by atoms with E-state index in [9.17, 15) is 9.18 Å². The molecule has 0 aliphatic carbocycles. The summed E-state index contributed by atoms with van der Waals surface area (Å²) in [5.74, 6) is -0.0800. The van der Waals surface area contributed by atoms with Crippen LogP contribution in [0.15, 0.2) is 18.2 Å². The lowest BCUT2D eigenvalue weighted by molar-refractivity contribution is -0.135. The molecule has 1 aromatic rings. The van der Waals surface area contributed by atoms with Crippen molar-refractivity contribution in [2.24, 2.45) is 0 Å². The normalized spacial score (nSPS) is 22.8. The van der Waals surface area contributed by atoms with Gasteiger partial charge in [-0.05, 0) is 31.5 Å². The van der Waals surface area contributed by atoms with Gasteiger partial charge in [0.15, 0.2) is 0 Å². The molecule has 2 aliphatic rings. The second kappa shape index (κ2) is 8.29. The van der Waals surface area contributed by atoms with Crippen molar-refractivity contribution < 1.29 is 9.18 Å². The van der Waals surface area contributed by atoms with Gasteiger partial charge in [0.1, 0.15) is 5.82 Å². The van der Waals surface area contributed by atoms with E-state index >= 15 is 0 Å². The number of likely N-dealkylation sites (tertiary alicyclic amines) is 1. The van der Waals surface area contributed by atoms with Crippen molar-refractivity contribution in [3.05, 3.63) is 34.6 Å². The van der Waals surface area contributed by atoms with Crippen molar-refractivity contribution in [3.8, 4) is 0 Å². The number of nitrogens with zero attached hydrogens (tertiary/aromatic N) is 2. The summed E-state index contributed by atoms with van der Waals surface area (Å²) in [6.07, 6.45) is 2.07. The van der Waals surface area contributed by atoms with Crippen LogP contribution >= 0.6 is 24.0 Å². The molecule has 0 spiro atoms. The van der Waals surface area contributed by atoms with Crippen LogP contribution in [0.3, 0.4) is 0 Å². The van der Waals surface area contributed by atoms with Crippen LogP contribution in [-0.2, 0) is 11.3 Å². The lowest BCUT2D eigenvalue weighted by Gasteiger charge is -2.41. The Morgan fingerprint density at radius 1 is 1.35 bits per heavy atom. The van der Waals surface area contributed by atoms with Crippen molar-refractivity contribution in [1.29, 1.82) is 0 Å². The zero-order chi connectivity index (χ0) is 15.5. The van der Waals surface area contributed by atoms with E-state index in [4.69, 9.17) is 11.6 Å². The first-order valence-corrected chi connectivity index (χ1v) is 8.18. The maximum absolute atomic E-state index is 13.9. The maximum atomic E-state index is 13.9. The molecule has 1 unspecified atom stereocenters. The maximum Gasteiger partial charge on any atom is 0.236 e. The van der Waals surface area contributed by atoms with Gasteiger partial charge in [0.2, 0.25) is 5.91 Å². The van der Waals surface area contributed by atoms with E-state index in [0.29, 0.717) is 23.7 Å². The number of carbonyl (C=O) groups is 1. The average molecular weight is 362 g/mol. The quantitative estimate of drug-likeness (QED) is 0.896. The Kier molecular flexibility index (Phi) is 6.65. The van der Waals surface area contributed by atoms with E-state index in [2.05, 4.69) is 10.2 Å². The molecular formula is C16H22Cl2FN3O. The highest BCUT2D eigenvalue weighted by molar-refractivity contribution is 6.30. The number of rotatable bonds is 3. The first-order valence-electron chi connectivity index (χ1n) is 7.80. The van der Waals surface area contributed by atoms with Gasteiger partial charge in [0.25, 0.3) is 0 Å². The van der Waals surface area contributed by atoms with Crippen LogP contribution in [-0.4, -0.2) is 54.5 Å². The molecule has 7 heteroatoms. The topological polar surface area (TPSA) is 35.6 Å². The third-order valence-corrected chi connectivity index (χ3v) is 4.69. The lowest BCUT2D eigenvalue weighted by Crippen LogP contribution is -2.56. The standard InChI is InChI=1S/C16H21ClFN3O.ClH/c17-13-4-3-12(15(18)8-13)10-20-6-1-2-14(11-20)21-7-5-19-9-16(21)22;/h3-4,8,14,19H,1-2,5-7,9-11H2;1H. The van der Waals surface area contributed by atoms with Gasteiger partial charge in [-0.2, -0.15) is 0 Å². The first-order chi connectivity index (χ1) is 10.6. The SMILES string of the molecule is Cl.O=C1CNCCN1C1CCCN(Cc2ccc(Cl)cc2F)C1. The Labute approximate surface area is 147 Å². The number of amides is 1. The number of hydrogen-bond donors (Lipinski definition) is 1. The minimum Gasteiger partial charge on any atom is -0.336 e. The molecule has 2 heterocycles. The molecule has 0 saturated carbocycles. The second-order valence-corrected chi connectivity index (χ2v) is 6.47. The molecule has 23 heavy (non-hydrogen) atoms. The van der Waals surface area contributed by atoms with Crippen molar-refractivity contribution in [2.45, 2.75) is 25.4 Å². The zero-order valence-corrected chi connectivity index (χ0v) is 14.5. The molecular weight excluding hydrogens is 340 g/mol. The molecule has 2 fully saturated rings. The third-order valence-electron chi connectivity index (χ3n) is 4.46. The predicted octanol–water partition coefficient (Wildman–Crippen LogP) is 2.30. The summed E-state index contributed by atoms with van der Waals surface area (Å²) in [4.78, 5) is 16.2. The summed E-state index contributed by atoms with van der Waals surface area (Å²) in [6, 6.07) is 5.08. The van der Waals surface area contributed by atoms with Gasteiger partial charge in [-0.1, -0.05) is 17.7 Å². The Bertz CT molecular complexity index is 558. The van der Waals surface area contributed by atoms with Gasteiger partial charge in [0.05, 0.1) is 6.54 Å². The molecule has 3 rings (SSSR count). The molecule has 1 atom stereocenters. The number of nitrogens with one attached hydrogen (secondary N) is 1. The van der Waals surface area contributed by atoms with Crippen LogP contribution in [0.4, 0.5) is 4.39 Å². The predicted molar refractivity (Wildman–Crippen MR) is 91.5 cm³/mol. The van der Waals surface area contributed by atoms with E-state index in [0.717, 1.165) is 39.0 Å². The van der Waals surface area contributed by atoms with Gasteiger partial charge in [0, 0.05) is 42.8 Å². The van der Waals surface area contributed by atoms with E-state index in [1.165, 1.54) is 6.07 Å². The lowest BCUT2D eigenvalue weighted by atomic mass is 10.0. The summed E-state index contributed by atoms with van der Waals surface area (Å²) < 4.78 is 13.9. The van der Waals surface area contributed by atoms with Crippen molar-refractivity contribution in [2.75, 3.05) is 32.7 Å². The summed E-state index contributed by atoms with van der Waals surface area (Å²) in [7, 11) is 0. The first kappa shape index (κ1) is 18.5. The molecule has 1 aromatic carbocycles. The molecule has 1 N–H and O–H groups in total. The smallest absolute Gasteiger partial charge is 0.236 e. The van der Waals surface area contributed by atoms with Crippen LogP contribution in [0.5, 0.6) is 0 Å². The average Bonchev–Trinajstić information content (AvgIpc) is 2.51. The van der Waals surface area contributed by atoms with Gasteiger partial charge >= 0.3 is 0 Å². The molecule has 0 bridgehead atoms. The summed E-state index contributed by atoms with van der Waals surface area (Å²) in [5.41, 5.74) is 0.664. The van der Waals surface area contributed by atoms with E-state index in [1.54, 1.807) is 12.1 Å². The highest BCUT2D eigenvalue weighted by Gasteiger charge is 2.30. The van der Waals surface area contributed by atoms with Crippen LogP contribution in [0, 0.1) is 5.82 Å². The minimum atomic E-state index is -0.257. The van der Waals surface area contributed by atoms with E-state index in [1.807, 2.05) is 4.90 Å². The summed E-state index contributed by atoms with van der Waals surface area (Å²) in [5, 5.41) is 3.52. The summed E-state index contributed by atoms with van der Waals surface area (Å²) in [6.45, 7) is 4.38. The molecule has 4 nitrogen and oxygen atoms in total. The third kappa shape index (κ3) is 4.57. The van der Waals surface area contributed by atoms with Crippen molar-refractivity contribution in [1.82, 2.24) is 15.1 Å². The molecule has 0 radical (unpaired) electrons. The van der Waals surface area contributed by atoms with Crippen molar-refractivity contribution in [3.63, 3.8) is 0 Å². The van der Waals surface area contributed by atoms with Gasteiger partial charge in [-0.3, -0.25) is 9.69 Å². The number of piperazine rings is 1. The summed E-state index contributed by atoms with van der Waals surface area (Å²) >= 11 is 5.80. The highest BCUT2D eigenvalue weighted by atomic mass is 35.5. The molecule has 0 aromatic heterocycles. The largest absolute Gasteiger partial charge is 0.336 e. The fourth-order valence-corrected chi connectivity index (χ4v) is 3.49. The second-order valence-electron chi connectivity index (χ2n) is 6.03. The number of carbonyl (C=O) groups excluding carboxylic acids is 1. The van der Waals surface area contributed by atoms with Crippen LogP contribution in [0.2, 0.25) is 5.02 Å². The van der Waals surface area contributed by atoms with Gasteiger partial charge in [-0.15, -0.1) is 12.4 Å². The Morgan fingerprint density at radius 2 is 2.17 bits per heavy atom. The molecule has 1 amide bonds. The van der Waals surface area contributed by atoms with Gasteiger partial charge < -0.3 is 10.2 Å². The minimum absolute atomic E-state index is 0. The van der Waals surface area contributed by atoms with Crippen molar-refractivity contribution >= 4 is 29.9 Å². The number of benzene rings is 1. The Morgan fingerprint density at radius 3 is 2.91 bits per heavy atom. The monoisotopic (exact) mass is 361 g/mol. The molecule has 128 valence electrons. The zero-order valence-electron chi connectivity index (χ0n) is 12.9. The Balaban J connectivity index is 0.00000192. The fraction of sp³-hybridized carbons (Fsp3) is 0.562. The number of hydrogen-bond acceptors (Lipinski definition) is 3. The highest BCUT2D eigenvalue weighted by Crippen LogP contribution is 2.21. The Hall–Kier alpha value is -0.880. The van der Waals surface area contributed by atoms with Crippen LogP contribution < -0.4 is 5.32 Å². The van der Waals surface area contributed by atoms with E-state index in [-0.39, 0.29) is 30.2 Å². The fourth-order valence-electron chi connectivity index (χ4n) is 3.33. The van der Waals surface area contributed by atoms with Crippen LogP contribution in [0.25, 0.3) is 0 Å². The van der Waals surface area contributed by atoms with Gasteiger partial charge in [-0.25, -0.2) is 4.39 Å². The van der Waals surface area contributed by atoms with E-state index < -0.39 is 0 Å². The number of halogens is 3. The molecule has 2 aliphatic heterocycles. The van der Waals surface area contributed by atoms with Crippen LogP contribution in [0.1, 0.15) is 18.4 Å². The molecule has 2 saturated heterocycles.